The molecule has 2 heterocycles. The highest BCUT2D eigenvalue weighted by Crippen LogP contribution is 2.29. The number of para-hydroxylation sites is 1. The first-order chi connectivity index (χ1) is 16.1. The molecule has 2 N–H and O–H groups in total. The van der Waals surface area contributed by atoms with Gasteiger partial charge in [0.25, 0.3) is 11.8 Å². The number of barbiturate groups is 1. The number of amides is 4. The molecule has 4 amide bonds. The largest absolute Gasteiger partial charge is 0.478 e. The van der Waals surface area contributed by atoms with Crippen LogP contribution in [-0.4, -0.2) is 33.5 Å². The molecule has 0 unspecified atom stereocenters. The average Bonchev–Trinajstić information content (AvgIpc) is 3.06. The number of imide groups is 2. The summed E-state index contributed by atoms with van der Waals surface area (Å²) in [5.41, 5.74) is 4.41. The number of benzene rings is 2. The molecule has 0 atom stereocenters. The van der Waals surface area contributed by atoms with Gasteiger partial charge in [0.2, 0.25) is 0 Å². The summed E-state index contributed by atoms with van der Waals surface area (Å²) in [6.45, 7) is 7.26. The van der Waals surface area contributed by atoms with E-state index in [4.69, 9.17) is 0 Å². The molecular weight excluding hydrogens is 434 g/mol. The van der Waals surface area contributed by atoms with Gasteiger partial charge in [0.15, 0.2) is 0 Å². The Kier molecular flexibility index (Phi) is 5.66. The standard InChI is InChI=1S/C26H23N3O5/c1-14-8-7-11-21(16(14)3)29-24(31)20(23(30)27-26(29)34)13-18-12-15(2)28(17(18)4)22-10-6-5-9-19(22)25(32)33/h5-13H,1-4H3,(H,32,33)(H,27,30,34)/b20-13+. The van der Waals surface area contributed by atoms with Gasteiger partial charge in [-0.15, -0.1) is 0 Å². The van der Waals surface area contributed by atoms with Gasteiger partial charge in [0.1, 0.15) is 5.57 Å². The number of urea groups is 1. The van der Waals surface area contributed by atoms with Crippen molar-refractivity contribution in [2.45, 2.75) is 27.7 Å². The molecule has 1 aromatic heterocycles. The number of carboxylic acids is 1. The van der Waals surface area contributed by atoms with Gasteiger partial charge in [-0.1, -0.05) is 24.3 Å². The molecule has 1 aliphatic rings. The molecule has 4 rings (SSSR count). The number of hydrogen-bond acceptors (Lipinski definition) is 4. The predicted molar refractivity (Wildman–Crippen MR) is 127 cm³/mol. The number of hydrogen-bond donors (Lipinski definition) is 2. The second-order valence-corrected chi connectivity index (χ2v) is 8.16. The van der Waals surface area contributed by atoms with Gasteiger partial charge >= 0.3 is 12.0 Å². The zero-order valence-corrected chi connectivity index (χ0v) is 19.2. The van der Waals surface area contributed by atoms with E-state index < -0.39 is 23.8 Å². The van der Waals surface area contributed by atoms with Crippen molar-refractivity contribution in [2.24, 2.45) is 0 Å². The van der Waals surface area contributed by atoms with E-state index in [0.29, 0.717) is 22.6 Å². The zero-order valence-electron chi connectivity index (χ0n) is 19.2. The van der Waals surface area contributed by atoms with Crippen LogP contribution in [0.1, 0.15) is 38.4 Å². The summed E-state index contributed by atoms with van der Waals surface area (Å²) in [5.74, 6) is -2.57. The molecule has 8 nitrogen and oxygen atoms in total. The summed E-state index contributed by atoms with van der Waals surface area (Å²) in [5, 5.41) is 11.8. The number of nitrogens with one attached hydrogen (secondary N) is 1. The number of carbonyl (C=O) groups is 4. The molecule has 0 saturated carbocycles. The Bertz CT molecular complexity index is 1410. The van der Waals surface area contributed by atoms with E-state index in [9.17, 15) is 24.3 Å². The Hall–Kier alpha value is -4.46. The molecule has 0 bridgehead atoms. The van der Waals surface area contributed by atoms with Crippen LogP contribution in [0.5, 0.6) is 0 Å². The van der Waals surface area contributed by atoms with Crippen molar-refractivity contribution in [3.8, 4) is 5.69 Å². The number of anilines is 1. The molecule has 0 aliphatic carbocycles. The summed E-state index contributed by atoms with van der Waals surface area (Å²) in [7, 11) is 0. The van der Waals surface area contributed by atoms with E-state index in [-0.39, 0.29) is 11.1 Å². The predicted octanol–water partition coefficient (Wildman–Crippen LogP) is 4.08. The third-order valence-corrected chi connectivity index (χ3v) is 6.06. The fraction of sp³-hybridized carbons (Fsp3) is 0.154. The maximum atomic E-state index is 13.3. The topological polar surface area (TPSA) is 109 Å². The summed E-state index contributed by atoms with van der Waals surface area (Å²) in [6.07, 6.45) is 1.43. The molecule has 2 aromatic carbocycles. The van der Waals surface area contributed by atoms with E-state index >= 15 is 0 Å². The average molecular weight is 457 g/mol. The molecular formula is C26H23N3O5. The highest BCUT2D eigenvalue weighted by molar-refractivity contribution is 6.39. The normalized spacial score (nSPS) is 15.1. The van der Waals surface area contributed by atoms with Crippen LogP contribution in [0, 0.1) is 27.7 Å². The third-order valence-electron chi connectivity index (χ3n) is 6.06. The Labute approximate surface area is 196 Å². The summed E-state index contributed by atoms with van der Waals surface area (Å²) >= 11 is 0. The van der Waals surface area contributed by atoms with Crippen LogP contribution in [-0.2, 0) is 9.59 Å². The molecule has 172 valence electrons. The molecule has 0 spiro atoms. The Morgan fingerprint density at radius 1 is 0.941 bits per heavy atom. The van der Waals surface area contributed by atoms with Crippen molar-refractivity contribution in [1.29, 1.82) is 0 Å². The van der Waals surface area contributed by atoms with E-state index in [1.54, 1.807) is 54.8 Å². The Morgan fingerprint density at radius 2 is 1.62 bits per heavy atom. The van der Waals surface area contributed by atoms with Crippen LogP contribution in [0.4, 0.5) is 10.5 Å². The molecule has 0 radical (unpaired) electrons. The summed E-state index contributed by atoms with van der Waals surface area (Å²) in [6, 6.07) is 12.8. The quantitative estimate of drug-likeness (QED) is 0.453. The van der Waals surface area contributed by atoms with Gasteiger partial charge in [-0.2, -0.15) is 0 Å². The number of rotatable bonds is 4. The molecule has 34 heavy (non-hydrogen) atoms. The summed E-state index contributed by atoms with van der Waals surface area (Å²) < 4.78 is 1.76. The van der Waals surface area contributed by atoms with Crippen molar-refractivity contribution in [3.05, 3.63) is 87.7 Å². The van der Waals surface area contributed by atoms with Crippen LogP contribution >= 0.6 is 0 Å². The lowest BCUT2D eigenvalue weighted by Crippen LogP contribution is -2.54. The fourth-order valence-corrected chi connectivity index (χ4v) is 4.16. The first-order valence-electron chi connectivity index (χ1n) is 10.6. The monoisotopic (exact) mass is 457 g/mol. The molecule has 1 fully saturated rings. The molecule has 8 heteroatoms. The minimum atomic E-state index is -1.06. The molecule has 1 saturated heterocycles. The van der Waals surface area contributed by atoms with Crippen molar-refractivity contribution < 1.29 is 24.3 Å². The molecule has 3 aromatic rings. The zero-order chi connectivity index (χ0) is 24.7. The van der Waals surface area contributed by atoms with E-state index in [1.807, 2.05) is 19.9 Å². The Balaban J connectivity index is 1.82. The maximum Gasteiger partial charge on any atom is 0.337 e. The number of carbonyl (C=O) groups excluding carboxylic acids is 3. The number of nitrogens with zero attached hydrogens (tertiary/aromatic N) is 2. The lowest BCUT2D eigenvalue weighted by Gasteiger charge is -2.28. The van der Waals surface area contributed by atoms with Gasteiger partial charge in [-0.25, -0.2) is 14.5 Å². The minimum Gasteiger partial charge on any atom is -0.478 e. The number of aromatic nitrogens is 1. The van der Waals surface area contributed by atoms with Gasteiger partial charge in [0, 0.05) is 11.4 Å². The highest BCUT2D eigenvalue weighted by Gasteiger charge is 2.37. The number of aryl methyl sites for hydroxylation is 2. The number of carboxylic acid groups (broad SMARTS) is 1. The summed E-state index contributed by atoms with van der Waals surface area (Å²) in [4.78, 5) is 51.2. The van der Waals surface area contributed by atoms with Gasteiger partial charge in [-0.3, -0.25) is 14.9 Å². The van der Waals surface area contributed by atoms with Crippen LogP contribution in [0.15, 0.2) is 54.1 Å². The SMILES string of the molecule is Cc1cccc(N2C(=O)NC(=O)/C(=C\c3cc(C)n(-c4ccccc4C(=O)O)c3C)C2=O)c1C. The van der Waals surface area contributed by atoms with Gasteiger partial charge in [-0.05, 0) is 74.7 Å². The van der Waals surface area contributed by atoms with E-state index in [2.05, 4.69) is 5.32 Å². The first-order valence-corrected chi connectivity index (χ1v) is 10.6. The van der Waals surface area contributed by atoms with Crippen LogP contribution < -0.4 is 10.2 Å². The van der Waals surface area contributed by atoms with E-state index in [1.165, 1.54) is 12.1 Å². The second kappa shape index (κ2) is 8.47. The second-order valence-electron chi connectivity index (χ2n) is 8.16. The van der Waals surface area contributed by atoms with Crippen LogP contribution in [0.25, 0.3) is 11.8 Å². The van der Waals surface area contributed by atoms with Gasteiger partial charge in [0.05, 0.1) is 16.9 Å². The lowest BCUT2D eigenvalue weighted by atomic mass is 10.0. The van der Waals surface area contributed by atoms with Crippen molar-refractivity contribution in [2.75, 3.05) is 4.90 Å². The van der Waals surface area contributed by atoms with Crippen LogP contribution in [0.3, 0.4) is 0 Å². The smallest absolute Gasteiger partial charge is 0.337 e. The van der Waals surface area contributed by atoms with Crippen molar-refractivity contribution in [3.63, 3.8) is 0 Å². The Morgan fingerprint density at radius 3 is 2.32 bits per heavy atom. The number of aromatic carboxylic acids is 1. The van der Waals surface area contributed by atoms with Crippen molar-refractivity contribution >= 4 is 35.6 Å². The van der Waals surface area contributed by atoms with Crippen LogP contribution in [0.2, 0.25) is 0 Å². The minimum absolute atomic E-state index is 0.127. The lowest BCUT2D eigenvalue weighted by molar-refractivity contribution is -0.122. The maximum absolute atomic E-state index is 13.3. The van der Waals surface area contributed by atoms with Gasteiger partial charge < -0.3 is 9.67 Å². The molecule has 1 aliphatic heterocycles. The highest BCUT2D eigenvalue weighted by atomic mass is 16.4. The van der Waals surface area contributed by atoms with E-state index in [0.717, 1.165) is 21.7 Å². The van der Waals surface area contributed by atoms with Crippen molar-refractivity contribution in [1.82, 2.24) is 9.88 Å². The fourth-order valence-electron chi connectivity index (χ4n) is 4.16. The third kappa shape index (κ3) is 3.69. The first kappa shape index (κ1) is 22.7.